The number of amides is 2. The number of aryl methyl sites for hydroxylation is 1. The van der Waals surface area contributed by atoms with Crippen molar-refractivity contribution in [1.82, 2.24) is 15.8 Å². The van der Waals surface area contributed by atoms with Gasteiger partial charge in [0.1, 0.15) is 11.8 Å². The van der Waals surface area contributed by atoms with Crippen LogP contribution in [0.15, 0.2) is 22.8 Å². The van der Waals surface area contributed by atoms with Crippen LogP contribution in [-0.4, -0.2) is 29.5 Å². The van der Waals surface area contributed by atoms with Gasteiger partial charge in [0.2, 0.25) is 0 Å². The highest BCUT2D eigenvalue weighted by Crippen LogP contribution is 2.27. The lowest BCUT2D eigenvalue weighted by molar-refractivity contribution is -0.130. The first kappa shape index (κ1) is 14.7. The summed E-state index contributed by atoms with van der Waals surface area (Å²) < 4.78 is 10.5. The van der Waals surface area contributed by atoms with E-state index in [2.05, 4.69) is 15.8 Å². The molecule has 2 aromatic heterocycles. The lowest BCUT2D eigenvalue weighted by atomic mass is 10.2. The van der Waals surface area contributed by atoms with Crippen molar-refractivity contribution in [2.75, 3.05) is 6.61 Å². The third kappa shape index (κ3) is 3.02. The molecule has 22 heavy (non-hydrogen) atoms. The van der Waals surface area contributed by atoms with Gasteiger partial charge in [0.15, 0.2) is 10.8 Å². The van der Waals surface area contributed by atoms with E-state index in [4.69, 9.17) is 9.15 Å². The van der Waals surface area contributed by atoms with Gasteiger partial charge in [-0.1, -0.05) is 0 Å². The predicted molar refractivity (Wildman–Crippen MR) is 79.1 cm³/mol. The van der Waals surface area contributed by atoms with Crippen LogP contribution in [0.2, 0.25) is 0 Å². The minimum atomic E-state index is -0.490. The molecule has 1 saturated heterocycles. The molecule has 8 heteroatoms. The Morgan fingerprint density at radius 1 is 1.41 bits per heavy atom. The number of aromatic nitrogens is 1. The zero-order valence-corrected chi connectivity index (χ0v) is 12.7. The Morgan fingerprint density at radius 2 is 2.27 bits per heavy atom. The minimum Gasteiger partial charge on any atom is -0.462 e. The maximum Gasteiger partial charge on any atom is 0.289 e. The average Bonchev–Trinajstić information content (AvgIpc) is 3.23. The molecule has 2 N–H and O–H groups in total. The monoisotopic (exact) mass is 321 g/mol. The van der Waals surface area contributed by atoms with Crippen LogP contribution in [0.1, 0.15) is 28.2 Å². The Bertz CT molecular complexity index is 674. The number of carbonyl (C=O) groups excluding carboxylic acids is 2. The highest BCUT2D eigenvalue weighted by molar-refractivity contribution is 7.15. The molecule has 1 aliphatic rings. The Hall–Kier alpha value is -2.19. The number of hydrogen-bond donors (Lipinski definition) is 2. The summed E-state index contributed by atoms with van der Waals surface area (Å²) in [6, 6.07) is 3.53. The van der Waals surface area contributed by atoms with Crippen LogP contribution in [0.4, 0.5) is 0 Å². The van der Waals surface area contributed by atoms with E-state index in [1.165, 1.54) is 11.3 Å². The number of ether oxygens (including phenoxy) is 1. The van der Waals surface area contributed by atoms with E-state index in [1.54, 1.807) is 25.3 Å². The van der Waals surface area contributed by atoms with Crippen molar-refractivity contribution in [2.24, 2.45) is 0 Å². The van der Waals surface area contributed by atoms with Crippen molar-refractivity contribution in [3.8, 4) is 10.8 Å². The third-order valence-electron chi connectivity index (χ3n) is 3.26. The molecule has 3 rings (SSSR count). The van der Waals surface area contributed by atoms with Crippen LogP contribution in [0, 0.1) is 6.92 Å². The third-order valence-corrected chi connectivity index (χ3v) is 4.25. The fraction of sp³-hybridized carbons (Fsp3) is 0.357. The van der Waals surface area contributed by atoms with Crippen molar-refractivity contribution in [1.29, 1.82) is 0 Å². The molecule has 116 valence electrons. The Morgan fingerprint density at radius 3 is 2.95 bits per heavy atom. The molecule has 0 saturated carbocycles. The molecule has 3 heterocycles. The summed E-state index contributed by atoms with van der Waals surface area (Å²) in [5.41, 5.74) is 5.01. The number of rotatable bonds is 3. The van der Waals surface area contributed by atoms with Gasteiger partial charge >= 0.3 is 0 Å². The van der Waals surface area contributed by atoms with E-state index < -0.39 is 12.0 Å². The average molecular weight is 321 g/mol. The van der Waals surface area contributed by atoms with Gasteiger partial charge in [-0.15, -0.1) is 11.3 Å². The topological polar surface area (TPSA) is 93.5 Å². The summed E-state index contributed by atoms with van der Waals surface area (Å²) in [5, 5.41) is 0.623. The SMILES string of the molecule is Cc1sc(-c2ccco2)nc1C(=O)NNC(=O)[C@H]1CCCO1. The number of carbonyl (C=O) groups is 2. The molecule has 0 spiro atoms. The molecule has 0 bridgehead atoms. The smallest absolute Gasteiger partial charge is 0.289 e. The fourth-order valence-electron chi connectivity index (χ4n) is 2.16. The van der Waals surface area contributed by atoms with Crippen LogP contribution < -0.4 is 10.9 Å². The molecule has 0 unspecified atom stereocenters. The zero-order valence-electron chi connectivity index (χ0n) is 11.9. The number of nitrogens with one attached hydrogen (secondary N) is 2. The lowest BCUT2D eigenvalue weighted by Gasteiger charge is -2.10. The van der Waals surface area contributed by atoms with Crippen molar-refractivity contribution in [2.45, 2.75) is 25.9 Å². The molecule has 7 nitrogen and oxygen atoms in total. The number of hydrazine groups is 1. The second-order valence-electron chi connectivity index (χ2n) is 4.85. The maximum atomic E-state index is 12.1. The van der Waals surface area contributed by atoms with E-state index in [-0.39, 0.29) is 11.6 Å². The summed E-state index contributed by atoms with van der Waals surface area (Å²) >= 11 is 1.36. The highest BCUT2D eigenvalue weighted by Gasteiger charge is 2.24. The molecule has 2 amide bonds. The first-order valence-corrected chi connectivity index (χ1v) is 7.70. The van der Waals surface area contributed by atoms with Gasteiger partial charge in [-0.3, -0.25) is 20.4 Å². The minimum absolute atomic E-state index is 0.268. The van der Waals surface area contributed by atoms with Gasteiger partial charge in [0.05, 0.1) is 6.26 Å². The van der Waals surface area contributed by atoms with Crippen molar-refractivity contribution < 1.29 is 18.7 Å². The van der Waals surface area contributed by atoms with Gasteiger partial charge in [-0.05, 0) is 31.9 Å². The summed E-state index contributed by atoms with van der Waals surface area (Å²) in [4.78, 5) is 28.9. The largest absolute Gasteiger partial charge is 0.462 e. The lowest BCUT2D eigenvalue weighted by Crippen LogP contribution is -2.46. The van der Waals surface area contributed by atoms with E-state index in [0.717, 1.165) is 11.3 Å². The van der Waals surface area contributed by atoms with E-state index >= 15 is 0 Å². The number of furan rings is 1. The summed E-state index contributed by atoms with van der Waals surface area (Å²) in [7, 11) is 0. The fourth-order valence-corrected chi connectivity index (χ4v) is 3.03. The zero-order chi connectivity index (χ0) is 15.5. The molecular weight excluding hydrogens is 306 g/mol. The molecule has 1 fully saturated rings. The van der Waals surface area contributed by atoms with Crippen molar-refractivity contribution in [3.63, 3.8) is 0 Å². The second-order valence-corrected chi connectivity index (χ2v) is 6.05. The normalized spacial score (nSPS) is 17.4. The van der Waals surface area contributed by atoms with Crippen LogP contribution in [0.25, 0.3) is 10.8 Å². The molecule has 0 aromatic carbocycles. The first-order chi connectivity index (χ1) is 10.6. The van der Waals surface area contributed by atoms with E-state index in [0.29, 0.717) is 23.8 Å². The van der Waals surface area contributed by atoms with Gasteiger partial charge in [0.25, 0.3) is 11.8 Å². The number of nitrogens with zero attached hydrogens (tertiary/aromatic N) is 1. The van der Waals surface area contributed by atoms with Crippen LogP contribution in [0.5, 0.6) is 0 Å². The van der Waals surface area contributed by atoms with Crippen LogP contribution >= 0.6 is 11.3 Å². The quantitative estimate of drug-likeness (QED) is 0.839. The highest BCUT2D eigenvalue weighted by atomic mass is 32.1. The van der Waals surface area contributed by atoms with E-state index in [1.807, 2.05) is 0 Å². The Balaban J connectivity index is 1.63. The Kier molecular flexibility index (Phi) is 4.21. The summed E-state index contributed by atoms with van der Waals surface area (Å²) in [6.07, 6.45) is 2.58. The maximum absolute atomic E-state index is 12.1. The van der Waals surface area contributed by atoms with Crippen molar-refractivity contribution in [3.05, 3.63) is 29.0 Å². The first-order valence-electron chi connectivity index (χ1n) is 6.88. The molecule has 2 aromatic rings. The standard InChI is InChI=1S/C14H15N3O4S/c1-8-11(15-14(22-8)10-5-3-7-21-10)13(19)17-16-12(18)9-4-2-6-20-9/h3,5,7,9H,2,4,6H2,1H3,(H,16,18)(H,17,19)/t9-/m1/s1. The molecule has 0 radical (unpaired) electrons. The van der Waals surface area contributed by atoms with E-state index in [9.17, 15) is 9.59 Å². The van der Waals surface area contributed by atoms with Crippen LogP contribution in [-0.2, 0) is 9.53 Å². The second kappa shape index (κ2) is 6.29. The van der Waals surface area contributed by atoms with Gasteiger partial charge in [-0.25, -0.2) is 4.98 Å². The summed E-state index contributed by atoms with van der Waals surface area (Å²) in [5.74, 6) is -0.196. The van der Waals surface area contributed by atoms with Crippen LogP contribution in [0.3, 0.4) is 0 Å². The van der Waals surface area contributed by atoms with Gasteiger partial charge in [-0.2, -0.15) is 0 Å². The summed E-state index contributed by atoms with van der Waals surface area (Å²) in [6.45, 7) is 2.37. The molecular formula is C14H15N3O4S. The number of hydrogen-bond acceptors (Lipinski definition) is 6. The molecule has 0 aliphatic carbocycles. The molecule has 1 aliphatic heterocycles. The molecule has 1 atom stereocenters. The number of thiazole rings is 1. The predicted octanol–water partition coefficient (Wildman–Crippen LogP) is 1.65. The Labute approximate surface area is 130 Å². The van der Waals surface area contributed by atoms with Crippen molar-refractivity contribution >= 4 is 23.2 Å². The van der Waals surface area contributed by atoms with Gasteiger partial charge in [0, 0.05) is 11.5 Å². The van der Waals surface area contributed by atoms with Gasteiger partial charge < -0.3 is 9.15 Å².